The van der Waals surface area contributed by atoms with Crippen molar-refractivity contribution in [2.75, 3.05) is 5.32 Å². The largest absolute Gasteiger partial charge is 0.436 e. The number of amides is 1. The van der Waals surface area contributed by atoms with Crippen LogP contribution in [0, 0.1) is 6.92 Å². The van der Waals surface area contributed by atoms with Crippen molar-refractivity contribution in [1.82, 2.24) is 9.97 Å². The van der Waals surface area contributed by atoms with E-state index in [1.54, 1.807) is 36.7 Å². The molecule has 1 N–H and O–H groups in total. The molecule has 0 bridgehead atoms. The lowest BCUT2D eigenvalue weighted by Gasteiger charge is -2.07. The van der Waals surface area contributed by atoms with Gasteiger partial charge in [-0.05, 0) is 48.9 Å². The first-order valence-electron chi connectivity index (χ1n) is 7.89. The maximum atomic E-state index is 12.4. The molecular formula is C20H15N3O2. The highest BCUT2D eigenvalue weighted by atomic mass is 16.3. The Morgan fingerprint density at radius 3 is 2.76 bits per heavy atom. The number of carbonyl (C=O) groups is 1. The fraction of sp³-hybridized carbons (Fsp3) is 0.0500. The third kappa shape index (κ3) is 2.99. The molecule has 4 aromatic rings. The Morgan fingerprint density at radius 1 is 1.08 bits per heavy atom. The lowest BCUT2D eigenvalue weighted by molar-refractivity contribution is 0.102. The lowest BCUT2D eigenvalue weighted by Crippen LogP contribution is -2.13. The zero-order chi connectivity index (χ0) is 17.2. The number of oxazole rings is 1. The van der Waals surface area contributed by atoms with E-state index in [2.05, 4.69) is 15.3 Å². The number of aromatic nitrogens is 2. The molecule has 0 atom stereocenters. The fourth-order valence-electron chi connectivity index (χ4n) is 2.64. The van der Waals surface area contributed by atoms with Crippen molar-refractivity contribution in [2.45, 2.75) is 6.92 Å². The Hall–Kier alpha value is -3.47. The van der Waals surface area contributed by atoms with E-state index in [0.29, 0.717) is 28.2 Å². The van der Waals surface area contributed by atoms with Gasteiger partial charge in [-0.15, -0.1) is 0 Å². The number of carbonyl (C=O) groups excluding carboxylic acids is 1. The van der Waals surface area contributed by atoms with E-state index in [-0.39, 0.29) is 5.91 Å². The van der Waals surface area contributed by atoms with E-state index in [1.807, 2.05) is 37.3 Å². The van der Waals surface area contributed by atoms with Gasteiger partial charge in [0.25, 0.3) is 5.91 Å². The molecule has 1 amide bonds. The Kier molecular flexibility index (Phi) is 3.74. The summed E-state index contributed by atoms with van der Waals surface area (Å²) in [4.78, 5) is 21.0. The molecule has 2 heterocycles. The molecule has 5 heteroatoms. The standard InChI is InChI=1S/C20H15N3O2/c1-13-5-2-3-7-16(13)19(24)22-15-8-9-18-17(11-15)23-20(25-18)14-6-4-10-21-12-14/h2-12H,1H3,(H,22,24). The molecule has 2 aromatic carbocycles. The van der Waals surface area contributed by atoms with E-state index >= 15 is 0 Å². The topological polar surface area (TPSA) is 68.0 Å². The van der Waals surface area contributed by atoms with Crippen molar-refractivity contribution in [3.63, 3.8) is 0 Å². The van der Waals surface area contributed by atoms with Gasteiger partial charge in [0, 0.05) is 23.6 Å². The number of anilines is 1. The van der Waals surface area contributed by atoms with Crippen LogP contribution < -0.4 is 5.32 Å². The summed E-state index contributed by atoms with van der Waals surface area (Å²) in [6.45, 7) is 1.91. The monoisotopic (exact) mass is 329 g/mol. The molecule has 2 aromatic heterocycles. The van der Waals surface area contributed by atoms with Crippen LogP contribution in [0.25, 0.3) is 22.6 Å². The van der Waals surface area contributed by atoms with Gasteiger partial charge < -0.3 is 9.73 Å². The number of rotatable bonds is 3. The molecule has 0 radical (unpaired) electrons. The van der Waals surface area contributed by atoms with E-state index < -0.39 is 0 Å². The van der Waals surface area contributed by atoms with Gasteiger partial charge in [0.15, 0.2) is 5.58 Å². The molecule has 0 aliphatic heterocycles. The van der Waals surface area contributed by atoms with Gasteiger partial charge in [-0.25, -0.2) is 4.98 Å². The minimum Gasteiger partial charge on any atom is -0.436 e. The zero-order valence-corrected chi connectivity index (χ0v) is 13.6. The van der Waals surface area contributed by atoms with Gasteiger partial charge in [-0.1, -0.05) is 18.2 Å². The minimum absolute atomic E-state index is 0.145. The number of fused-ring (bicyclic) bond motifs is 1. The molecule has 5 nitrogen and oxygen atoms in total. The smallest absolute Gasteiger partial charge is 0.255 e. The Labute approximate surface area is 144 Å². The Bertz CT molecular complexity index is 1050. The van der Waals surface area contributed by atoms with Crippen LogP contribution in [0.4, 0.5) is 5.69 Å². The predicted molar refractivity (Wildman–Crippen MR) is 96.4 cm³/mol. The summed E-state index contributed by atoms with van der Waals surface area (Å²) >= 11 is 0. The van der Waals surface area contributed by atoms with Crippen LogP contribution in [0.5, 0.6) is 0 Å². The lowest BCUT2D eigenvalue weighted by atomic mass is 10.1. The molecule has 0 saturated carbocycles. The second-order valence-corrected chi connectivity index (χ2v) is 5.71. The average Bonchev–Trinajstić information content (AvgIpc) is 3.06. The van der Waals surface area contributed by atoms with Crippen molar-refractivity contribution < 1.29 is 9.21 Å². The maximum Gasteiger partial charge on any atom is 0.255 e. The van der Waals surface area contributed by atoms with E-state index in [0.717, 1.165) is 11.1 Å². The number of aryl methyl sites for hydroxylation is 1. The molecule has 0 spiro atoms. The normalized spacial score (nSPS) is 10.8. The Morgan fingerprint density at radius 2 is 1.96 bits per heavy atom. The summed E-state index contributed by atoms with van der Waals surface area (Å²) in [7, 11) is 0. The van der Waals surface area contributed by atoms with Crippen molar-refractivity contribution in [3.05, 3.63) is 78.1 Å². The minimum atomic E-state index is -0.145. The Balaban J connectivity index is 1.63. The summed E-state index contributed by atoms with van der Waals surface area (Å²) < 4.78 is 5.75. The second-order valence-electron chi connectivity index (χ2n) is 5.71. The first kappa shape index (κ1) is 15.1. The van der Waals surface area contributed by atoms with Crippen molar-refractivity contribution in [2.24, 2.45) is 0 Å². The fourth-order valence-corrected chi connectivity index (χ4v) is 2.64. The highest BCUT2D eigenvalue weighted by Crippen LogP contribution is 2.26. The molecule has 122 valence electrons. The summed E-state index contributed by atoms with van der Waals surface area (Å²) in [5, 5.41) is 2.91. The highest BCUT2D eigenvalue weighted by molar-refractivity contribution is 6.05. The summed E-state index contributed by atoms with van der Waals surface area (Å²) in [5.41, 5.74) is 4.41. The van der Waals surface area contributed by atoms with Crippen molar-refractivity contribution >= 4 is 22.7 Å². The number of benzene rings is 2. The average molecular weight is 329 g/mol. The molecule has 4 rings (SSSR count). The van der Waals surface area contributed by atoms with Gasteiger partial charge >= 0.3 is 0 Å². The number of nitrogens with one attached hydrogen (secondary N) is 1. The zero-order valence-electron chi connectivity index (χ0n) is 13.6. The van der Waals surface area contributed by atoms with Crippen molar-refractivity contribution in [1.29, 1.82) is 0 Å². The highest BCUT2D eigenvalue weighted by Gasteiger charge is 2.12. The predicted octanol–water partition coefficient (Wildman–Crippen LogP) is 4.45. The van der Waals surface area contributed by atoms with E-state index in [4.69, 9.17) is 4.42 Å². The van der Waals surface area contributed by atoms with E-state index in [1.165, 1.54) is 0 Å². The molecular weight excluding hydrogens is 314 g/mol. The van der Waals surface area contributed by atoms with Crippen LogP contribution in [0.1, 0.15) is 15.9 Å². The first-order valence-corrected chi connectivity index (χ1v) is 7.89. The van der Waals surface area contributed by atoms with Crippen LogP contribution >= 0.6 is 0 Å². The third-order valence-electron chi connectivity index (χ3n) is 3.94. The van der Waals surface area contributed by atoms with Gasteiger partial charge in [0.05, 0.1) is 5.56 Å². The summed E-state index contributed by atoms with van der Waals surface area (Å²) in [6.07, 6.45) is 3.40. The molecule has 0 fully saturated rings. The van der Waals surface area contributed by atoms with Gasteiger partial charge in [-0.2, -0.15) is 0 Å². The number of pyridine rings is 1. The van der Waals surface area contributed by atoms with Crippen LogP contribution in [-0.2, 0) is 0 Å². The first-order chi connectivity index (χ1) is 12.2. The number of hydrogen-bond donors (Lipinski definition) is 1. The van der Waals surface area contributed by atoms with Crippen LogP contribution in [0.3, 0.4) is 0 Å². The van der Waals surface area contributed by atoms with Gasteiger partial charge in [0.2, 0.25) is 5.89 Å². The third-order valence-corrected chi connectivity index (χ3v) is 3.94. The van der Waals surface area contributed by atoms with Crippen LogP contribution in [0.2, 0.25) is 0 Å². The summed E-state index contributed by atoms with van der Waals surface area (Å²) in [6, 6.07) is 16.6. The summed E-state index contributed by atoms with van der Waals surface area (Å²) in [5.74, 6) is 0.360. The second kappa shape index (κ2) is 6.20. The molecule has 0 aliphatic carbocycles. The van der Waals surface area contributed by atoms with Crippen LogP contribution in [-0.4, -0.2) is 15.9 Å². The quantitative estimate of drug-likeness (QED) is 0.603. The number of hydrogen-bond acceptors (Lipinski definition) is 4. The molecule has 0 saturated heterocycles. The SMILES string of the molecule is Cc1ccccc1C(=O)Nc1ccc2oc(-c3cccnc3)nc2c1. The molecule has 0 unspecified atom stereocenters. The molecule has 25 heavy (non-hydrogen) atoms. The van der Waals surface area contributed by atoms with Crippen LogP contribution in [0.15, 0.2) is 71.4 Å². The molecule has 0 aliphatic rings. The van der Waals surface area contributed by atoms with Gasteiger partial charge in [-0.3, -0.25) is 9.78 Å². The van der Waals surface area contributed by atoms with Gasteiger partial charge in [0.1, 0.15) is 5.52 Å². The maximum absolute atomic E-state index is 12.4. The van der Waals surface area contributed by atoms with E-state index in [9.17, 15) is 4.79 Å². The van der Waals surface area contributed by atoms with Crippen molar-refractivity contribution in [3.8, 4) is 11.5 Å². The number of nitrogens with zero attached hydrogens (tertiary/aromatic N) is 2.